The molecule has 7 nitrogen and oxygen atoms in total. The van der Waals surface area contributed by atoms with E-state index >= 15 is 0 Å². The lowest BCUT2D eigenvalue weighted by Crippen LogP contribution is -2.29. The van der Waals surface area contributed by atoms with Gasteiger partial charge in [-0.2, -0.15) is 0 Å². The normalized spacial score (nSPS) is 16.9. The number of amides is 1. The van der Waals surface area contributed by atoms with Gasteiger partial charge in [-0.25, -0.2) is 4.98 Å². The second-order valence-corrected chi connectivity index (χ2v) is 7.60. The fourth-order valence-corrected chi connectivity index (χ4v) is 3.63. The molecule has 1 amide bonds. The summed E-state index contributed by atoms with van der Waals surface area (Å²) in [5.41, 5.74) is 1.91. The number of carbonyl (C=O) groups excluding carboxylic acids is 1. The average molecular weight is 396 g/mol. The first-order valence-electron chi connectivity index (χ1n) is 10.2. The summed E-state index contributed by atoms with van der Waals surface area (Å²) in [6.07, 6.45) is 3.31. The molecule has 2 aliphatic heterocycles. The molecule has 2 aliphatic rings. The minimum Gasteiger partial charge on any atom is -0.486 e. The van der Waals surface area contributed by atoms with Crippen molar-refractivity contribution in [3.8, 4) is 11.5 Å². The maximum atomic E-state index is 12.3. The van der Waals surface area contributed by atoms with E-state index in [-0.39, 0.29) is 5.91 Å². The molecule has 4 rings (SSSR count). The molecule has 0 aliphatic carbocycles. The number of pyridine rings is 1. The second kappa shape index (κ2) is 9.13. The number of nitrogens with one attached hydrogen (secondary N) is 1. The predicted octanol–water partition coefficient (Wildman–Crippen LogP) is 1.85. The van der Waals surface area contributed by atoms with E-state index in [1.807, 2.05) is 36.5 Å². The van der Waals surface area contributed by atoms with Gasteiger partial charge in [-0.15, -0.1) is 0 Å². The van der Waals surface area contributed by atoms with Crippen molar-refractivity contribution in [1.29, 1.82) is 0 Å². The minimum atomic E-state index is -0.0266. The standard InChI is InChI=1S/C22H28N4O3/c1-25-7-2-8-26(10-9-25)21-6-4-18(15-23-21)16-24-22(27)14-17-3-5-19-20(13-17)29-12-11-28-19/h3-6,13,15H,2,7-12,14,16H2,1H3,(H,24,27). The zero-order chi connectivity index (χ0) is 20.1. The van der Waals surface area contributed by atoms with E-state index in [2.05, 4.69) is 27.1 Å². The van der Waals surface area contributed by atoms with E-state index < -0.39 is 0 Å². The van der Waals surface area contributed by atoms with Crippen LogP contribution in [0.25, 0.3) is 0 Å². The Morgan fingerprint density at radius 1 is 1.03 bits per heavy atom. The van der Waals surface area contributed by atoms with E-state index in [1.54, 1.807) is 0 Å². The summed E-state index contributed by atoms with van der Waals surface area (Å²) in [6.45, 7) is 5.79. The van der Waals surface area contributed by atoms with Crippen LogP contribution in [0.1, 0.15) is 17.5 Å². The second-order valence-electron chi connectivity index (χ2n) is 7.60. The van der Waals surface area contributed by atoms with Gasteiger partial charge < -0.3 is 24.6 Å². The molecular weight excluding hydrogens is 368 g/mol. The Morgan fingerprint density at radius 3 is 2.69 bits per heavy atom. The molecule has 0 bridgehead atoms. The quantitative estimate of drug-likeness (QED) is 0.832. The number of hydrogen-bond donors (Lipinski definition) is 1. The number of likely N-dealkylation sites (N-methyl/N-ethyl adjacent to an activating group) is 1. The molecule has 3 heterocycles. The molecule has 1 fully saturated rings. The van der Waals surface area contributed by atoms with E-state index in [0.717, 1.165) is 55.3 Å². The number of rotatable bonds is 5. The van der Waals surface area contributed by atoms with Gasteiger partial charge in [0.25, 0.3) is 0 Å². The van der Waals surface area contributed by atoms with Crippen molar-refractivity contribution in [3.05, 3.63) is 47.7 Å². The van der Waals surface area contributed by atoms with Crippen LogP contribution in [0.4, 0.5) is 5.82 Å². The number of aromatic nitrogens is 1. The molecule has 1 aromatic carbocycles. The van der Waals surface area contributed by atoms with Gasteiger partial charge in [0, 0.05) is 32.4 Å². The number of benzene rings is 1. The van der Waals surface area contributed by atoms with Gasteiger partial charge >= 0.3 is 0 Å². The predicted molar refractivity (Wildman–Crippen MR) is 112 cm³/mol. The van der Waals surface area contributed by atoms with Gasteiger partial charge in [0.2, 0.25) is 5.91 Å². The molecule has 0 saturated carbocycles. The van der Waals surface area contributed by atoms with Crippen molar-refractivity contribution in [3.63, 3.8) is 0 Å². The van der Waals surface area contributed by atoms with Crippen molar-refractivity contribution >= 4 is 11.7 Å². The molecule has 2 aromatic rings. The number of anilines is 1. The highest BCUT2D eigenvalue weighted by molar-refractivity contribution is 5.78. The zero-order valence-electron chi connectivity index (χ0n) is 16.9. The fourth-order valence-electron chi connectivity index (χ4n) is 3.63. The monoisotopic (exact) mass is 396 g/mol. The van der Waals surface area contributed by atoms with Crippen LogP contribution in [0.5, 0.6) is 11.5 Å². The van der Waals surface area contributed by atoms with Crippen LogP contribution in [0.3, 0.4) is 0 Å². The van der Waals surface area contributed by atoms with Crippen molar-refractivity contribution in [1.82, 2.24) is 15.2 Å². The lowest BCUT2D eigenvalue weighted by molar-refractivity contribution is -0.120. The lowest BCUT2D eigenvalue weighted by atomic mass is 10.1. The molecule has 0 radical (unpaired) electrons. The minimum absolute atomic E-state index is 0.0266. The van der Waals surface area contributed by atoms with Crippen LogP contribution in [0.2, 0.25) is 0 Å². The molecular formula is C22H28N4O3. The Kier molecular flexibility index (Phi) is 6.14. The summed E-state index contributed by atoms with van der Waals surface area (Å²) in [7, 11) is 2.16. The van der Waals surface area contributed by atoms with E-state index in [9.17, 15) is 4.79 Å². The number of carbonyl (C=O) groups is 1. The number of ether oxygens (including phenoxy) is 2. The summed E-state index contributed by atoms with van der Waals surface area (Å²) in [5, 5.41) is 2.97. The van der Waals surface area contributed by atoms with Crippen LogP contribution < -0.4 is 19.7 Å². The average Bonchev–Trinajstić information content (AvgIpc) is 2.97. The number of fused-ring (bicyclic) bond motifs is 1. The smallest absolute Gasteiger partial charge is 0.224 e. The molecule has 1 aromatic heterocycles. The Balaban J connectivity index is 1.28. The maximum Gasteiger partial charge on any atom is 0.224 e. The van der Waals surface area contributed by atoms with Crippen LogP contribution >= 0.6 is 0 Å². The summed E-state index contributed by atoms with van der Waals surface area (Å²) in [6, 6.07) is 9.74. The highest BCUT2D eigenvalue weighted by Crippen LogP contribution is 2.30. The molecule has 1 saturated heterocycles. The Hall–Kier alpha value is -2.80. The maximum absolute atomic E-state index is 12.3. The molecule has 0 atom stereocenters. The first kappa shape index (κ1) is 19.5. The Morgan fingerprint density at radius 2 is 1.86 bits per heavy atom. The highest BCUT2D eigenvalue weighted by Gasteiger charge is 2.15. The first-order valence-corrected chi connectivity index (χ1v) is 10.2. The number of hydrogen-bond acceptors (Lipinski definition) is 6. The summed E-state index contributed by atoms with van der Waals surface area (Å²) in [4.78, 5) is 21.6. The third-order valence-corrected chi connectivity index (χ3v) is 5.31. The van der Waals surface area contributed by atoms with E-state index in [1.165, 1.54) is 0 Å². The zero-order valence-corrected chi connectivity index (χ0v) is 16.9. The molecule has 29 heavy (non-hydrogen) atoms. The lowest BCUT2D eigenvalue weighted by Gasteiger charge is -2.21. The van der Waals surface area contributed by atoms with Crippen LogP contribution in [0, 0.1) is 0 Å². The van der Waals surface area contributed by atoms with Crippen molar-refractivity contribution in [2.45, 2.75) is 19.4 Å². The van der Waals surface area contributed by atoms with Gasteiger partial charge in [-0.05, 0) is 49.3 Å². The largest absolute Gasteiger partial charge is 0.486 e. The van der Waals surface area contributed by atoms with Gasteiger partial charge in [-0.3, -0.25) is 4.79 Å². The van der Waals surface area contributed by atoms with Crippen molar-refractivity contribution < 1.29 is 14.3 Å². The molecule has 0 spiro atoms. The topological polar surface area (TPSA) is 66.9 Å². The van der Waals surface area contributed by atoms with Crippen LogP contribution in [-0.2, 0) is 17.8 Å². The fraction of sp³-hybridized carbons (Fsp3) is 0.455. The van der Waals surface area contributed by atoms with Gasteiger partial charge in [0.1, 0.15) is 19.0 Å². The summed E-state index contributed by atoms with van der Waals surface area (Å²) < 4.78 is 11.1. The van der Waals surface area contributed by atoms with E-state index in [4.69, 9.17) is 9.47 Å². The van der Waals surface area contributed by atoms with Crippen molar-refractivity contribution in [2.75, 3.05) is 51.3 Å². The molecule has 0 unspecified atom stereocenters. The summed E-state index contributed by atoms with van der Waals surface area (Å²) >= 11 is 0. The summed E-state index contributed by atoms with van der Waals surface area (Å²) in [5.74, 6) is 2.43. The van der Waals surface area contributed by atoms with E-state index in [0.29, 0.717) is 31.9 Å². The van der Waals surface area contributed by atoms with Crippen LogP contribution in [-0.4, -0.2) is 62.2 Å². The van der Waals surface area contributed by atoms with Gasteiger partial charge in [-0.1, -0.05) is 12.1 Å². The third-order valence-electron chi connectivity index (χ3n) is 5.31. The highest BCUT2D eigenvalue weighted by atomic mass is 16.6. The van der Waals surface area contributed by atoms with Crippen molar-refractivity contribution in [2.24, 2.45) is 0 Å². The molecule has 154 valence electrons. The van der Waals surface area contributed by atoms with Crippen LogP contribution in [0.15, 0.2) is 36.5 Å². The third kappa shape index (κ3) is 5.17. The molecule has 7 heteroatoms. The first-order chi connectivity index (χ1) is 14.2. The SMILES string of the molecule is CN1CCCN(c2ccc(CNC(=O)Cc3ccc4c(c3)OCCO4)cn2)CC1. The van der Waals surface area contributed by atoms with Gasteiger partial charge in [0.15, 0.2) is 11.5 Å². The Labute approximate surface area is 171 Å². The molecule has 1 N–H and O–H groups in total. The van der Waals surface area contributed by atoms with Gasteiger partial charge in [0.05, 0.1) is 6.42 Å². The Bertz CT molecular complexity index is 840. The number of nitrogens with zero attached hydrogens (tertiary/aromatic N) is 3.